The highest BCUT2D eigenvalue weighted by Crippen LogP contribution is 2.26. The molecule has 8 heteroatoms. The van der Waals surface area contributed by atoms with Crippen LogP contribution in [-0.4, -0.2) is 34.0 Å². The van der Waals surface area contributed by atoms with Crippen LogP contribution < -0.4 is 5.84 Å². The van der Waals surface area contributed by atoms with Gasteiger partial charge in [0.15, 0.2) is 17.3 Å². The summed E-state index contributed by atoms with van der Waals surface area (Å²) in [5.41, 5.74) is 0.553. The van der Waals surface area contributed by atoms with E-state index in [0.29, 0.717) is 5.57 Å². The summed E-state index contributed by atoms with van der Waals surface area (Å²) >= 11 is 3.11. The normalized spacial score (nSPS) is 16.0. The van der Waals surface area contributed by atoms with Crippen molar-refractivity contribution in [2.45, 2.75) is 0 Å². The van der Waals surface area contributed by atoms with Gasteiger partial charge in [0.25, 0.3) is 5.91 Å². The Kier molecular flexibility index (Phi) is 4.87. The molecule has 0 atom stereocenters. The van der Waals surface area contributed by atoms with Gasteiger partial charge in [0.1, 0.15) is 0 Å². The van der Waals surface area contributed by atoms with E-state index in [1.807, 2.05) is 0 Å². The molecule has 0 aromatic heterocycles. The fourth-order valence-corrected chi connectivity index (χ4v) is 2.30. The Labute approximate surface area is 140 Å². The molecule has 0 bridgehead atoms. The number of nitrogens with two attached hydrogens (primary N) is 1. The number of halogens is 1. The lowest BCUT2D eigenvalue weighted by atomic mass is 10.1. The third-order valence-corrected chi connectivity index (χ3v) is 3.59. The van der Waals surface area contributed by atoms with Crippen molar-refractivity contribution >= 4 is 27.6 Å². The molecule has 0 radical (unpaired) electrons. The maximum absolute atomic E-state index is 12.2. The van der Waals surface area contributed by atoms with Crippen LogP contribution in [-0.2, 0) is 9.53 Å². The summed E-state index contributed by atoms with van der Waals surface area (Å²) in [4.78, 5) is 23.9. The zero-order valence-corrected chi connectivity index (χ0v) is 13.6. The van der Waals surface area contributed by atoms with Gasteiger partial charge in [0.05, 0.1) is 11.6 Å². The van der Waals surface area contributed by atoms with Crippen molar-refractivity contribution in [2.75, 3.05) is 7.11 Å². The molecular formula is C15H13BrN2O5. The number of carbonyl (C=O) groups excluding carboxylic acids is 2. The predicted molar refractivity (Wildman–Crippen MR) is 85.3 cm³/mol. The number of aromatic hydroxyl groups is 2. The number of rotatable bonds is 3. The lowest BCUT2D eigenvalue weighted by molar-refractivity contribution is -0.114. The number of Topliss-reactive ketones (excluding diaryl/α,β-unsaturated/α-hetero) is 1. The fourth-order valence-electron chi connectivity index (χ4n) is 1.84. The predicted octanol–water partition coefficient (Wildman–Crippen LogP) is 1.69. The highest BCUT2D eigenvalue weighted by atomic mass is 79.9. The summed E-state index contributed by atoms with van der Waals surface area (Å²) in [7, 11) is 1.36. The monoisotopic (exact) mass is 380 g/mol. The number of hydrazine groups is 1. The average molecular weight is 381 g/mol. The van der Waals surface area contributed by atoms with Gasteiger partial charge in [0, 0.05) is 11.8 Å². The second kappa shape index (κ2) is 6.67. The van der Waals surface area contributed by atoms with E-state index in [-0.39, 0.29) is 27.3 Å². The Hall–Kier alpha value is -2.58. The first-order valence-electron chi connectivity index (χ1n) is 6.33. The first kappa shape index (κ1) is 16.8. The summed E-state index contributed by atoms with van der Waals surface area (Å²) in [5.74, 6) is 4.11. The summed E-state index contributed by atoms with van der Waals surface area (Å²) in [6.45, 7) is 0. The molecule has 1 aromatic rings. The third kappa shape index (κ3) is 3.61. The number of ketones is 1. The Balaban J connectivity index is 2.28. The van der Waals surface area contributed by atoms with E-state index in [0.717, 1.165) is 11.1 Å². The van der Waals surface area contributed by atoms with Crippen molar-refractivity contribution in [3.8, 4) is 11.5 Å². The number of hydrogen-bond donors (Lipinski definition) is 3. The minimum absolute atomic E-state index is 0.0884. The molecule has 0 fully saturated rings. The Morgan fingerprint density at radius 1 is 1.30 bits per heavy atom. The lowest BCUT2D eigenvalue weighted by Crippen LogP contribution is -2.32. The number of phenolic OH excluding ortho intramolecular Hbond substituents is 2. The highest BCUT2D eigenvalue weighted by molar-refractivity contribution is 9.12. The van der Waals surface area contributed by atoms with Gasteiger partial charge in [-0.3, -0.25) is 14.6 Å². The molecule has 4 N–H and O–H groups in total. The molecule has 7 nitrogen and oxygen atoms in total. The topological polar surface area (TPSA) is 113 Å². The zero-order valence-electron chi connectivity index (χ0n) is 12.0. The van der Waals surface area contributed by atoms with Gasteiger partial charge in [0.2, 0.25) is 5.78 Å². The smallest absolute Gasteiger partial charge is 0.272 e. The van der Waals surface area contributed by atoms with Crippen LogP contribution in [0.15, 0.2) is 52.4 Å². The van der Waals surface area contributed by atoms with E-state index >= 15 is 0 Å². The van der Waals surface area contributed by atoms with Crippen molar-refractivity contribution < 1.29 is 24.5 Å². The first-order chi connectivity index (χ1) is 10.8. The zero-order chi connectivity index (χ0) is 17.1. The van der Waals surface area contributed by atoms with Crippen LogP contribution in [0.1, 0.15) is 10.4 Å². The van der Waals surface area contributed by atoms with Crippen molar-refractivity contribution in [3.05, 3.63) is 57.9 Å². The van der Waals surface area contributed by atoms with Crippen molar-refractivity contribution in [3.63, 3.8) is 0 Å². The van der Waals surface area contributed by atoms with E-state index in [1.54, 1.807) is 0 Å². The van der Waals surface area contributed by atoms with Crippen LogP contribution in [0.5, 0.6) is 11.5 Å². The number of carbonyl (C=O) groups is 2. The fraction of sp³-hybridized carbons (Fsp3) is 0.0667. The SMILES string of the molecule is COC1=C/C(=C/N(N)C(=O)c2ccc(O)c(O)c2)C=C(Br)C1=O. The molecule has 1 aliphatic rings. The number of allylic oxidation sites excluding steroid dienone is 4. The van der Waals surface area contributed by atoms with Crippen LogP contribution in [0.4, 0.5) is 0 Å². The van der Waals surface area contributed by atoms with Gasteiger partial charge in [-0.15, -0.1) is 0 Å². The Morgan fingerprint density at radius 2 is 2.00 bits per heavy atom. The van der Waals surface area contributed by atoms with Gasteiger partial charge >= 0.3 is 0 Å². The molecule has 0 unspecified atom stereocenters. The Bertz CT molecular complexity index is 767. The van der Waals surface area contributed by atoms with Crippen molar-refractivity contribution in [1.82, 2.24) is 5.01 Å². The maximum atomic E-state index is 12.2. The summed E-state index contributed by atoms with van der Waals surface area (Å²) < 4.78 is 5.22. The van der Waals surface area contributed by atoms with E-state index in [2.05, 4.69) is 15.9 Å². The molecule has 23 heavy (non-hydrogen) atoms. The van der Waals surface area contributed by atoms with Crippen LogP contribution in [0.3, 0.4) is 0 Å². The van der Waals surface area contributed by atoms with Gasteiger partial charge in [-0.25, -0.2) is 5.84 Å². The maximum Gasteiger partial charge on any atom is 0.272 e. The average Bonchev–Trinajstić information content (AvgIpc) is 2.52. The van der Waals surface area contributed by atoms with Crippen molar-refractivity contribution in [1.29, 1.82) is 0 Å². The molecular weight excluding hydrogens is 368 g/mol. The molecule has 0 saturated heterocycles. The lowest BCUT2D eigenvalue weighted by Gasteiger charge is -2.15. The minimum Gasteiger partial charge on any atom is -0.504 e. The van der Waals surface area contributed by atoms with Crippen LogP contribution in [0.25, 0.3) is 0 Å². The molecule has 1 amide bonds. The minimum atomic E-state index is -0.610. The largest absolute Gasteiger partial charge is 0.504 e. The molecule has 1 aliphatic carbocycles. The number of benzene rings is 1. The molecule has 0 saturated carbocycles. The molecule has 0 spiro atoms. The summed E-state index contributed by atoms with van der Waals surface area (Å²) in [6, 6.07) is 3.60. The number of methoxy groups -OCH3 is 1. The van der Waals surface area contributed by atoms with E-state index in [4.69, 9.17) is 10.6 Å². The highest BCUT2D eigenvalue weighted by Gasteiger charge is 2.20. The quantitative estimate of drug-likeness (QED) is 0.318. The number of ether oxygens (including phenoxy) is 1. The van der Waals surface area contributed by atoms with Gasteiger partial charge in [-0.1, -0.05) is 0 Å². The molecule has 0 heterocycles. The summed E-state index contributed by atoms with van der Waals surface area (Å²) in [5, 5.41) is 19.5. The number of phenols is 2. The molecule has 1 aromatic carbocycles. The van der Waals surface area contributed by atoms with Crippen LogP contribution in [0.2, 0.25) is 0 Å². The second-order valence-corrected chi connectivity index (χ2v) is 5.43. The standard InChI is InChI=1S/C15H13BrN2O5/c1-23-13-5-8(4-10(16)14(13)21)7-18(17)15(22)9-2-3-11(19)12(20)6-9/h2-7,19-20H,17H2,1H3/b8-7+. The van der Waals surface area contributed by atoms with Gasteiger partial charge < -0.3 is 14.9 Å². The Morgan fingerprint density at radius 3 is 2.61 bits per heavy atom. The van der Waals surface area contributed by atoms with Gasteiger partial charge in [-0.2, -0.15) is 0 Å². The molecule has 120 valence electrons. The van der Waals surface area contributed by atoms with Crippen LogP contribution in [0, 0.1) is 0 Å². The number of hydrogen-bond acceptors (Lipinski definition) is 6. The van der Waals surface area contributed by atoms with E-state index in [1.165, 1.54) is 37.6 Å². The molecule has 2 rings (SSSR count). The number of nitrogens with zero attached hydrogens (tertiary/aromatic N) is 1. The first-order valence-corrected chi connectivity index (χ1v) is 7.12. The van der Waals surface area contributed by atoms with E-state index < -0.39 is 11.7 Å². The summed E-state index contributed by atoms with van der Waals surface area (Å²) in [6.07, 6.45) is 4.24. The van der Waals surface area contributed by atoms with Gasteiger partial charge in [-0.05, 0) is 51.9 Å². The third-order valence-electron chi connectivity index (χ3n) is 3.00. The molecule has 0 aliphatic heterocycles. The second-order valence-electron chi connectivity index (χ2n) is 4.58. The van der Waals surface area contributed by atoms with E-state index in [9.17, 15) is 19.8 Å². The number of amides is 1. The van der Waals surface area contributed by atoms with Crippen molar-refractivity contribution in [2.24, 2.45) is 5.84 Å². The van der Waals surface area contributed by atoms with Crippen LogP contribution >= 0.6 is 15.9 Å².